The Morgan fingerprint density at radius 3 is 2.33 bits per heavy atom. The fourth-order valence-electron chi connectivity index (χ4n) is 1.73. The van der Waals surface area contributed by atoms with Gasteiger partial charge >= 0.3 is 0 Å². The van der Waals surface area contributed by atoms with Crippen molar-refractivity contribution in [1.82, 2.24) is 4.90 Å². The van der Waals surface area contributed by atoms with E-state index in [1.54, 1.807) is 0 Å². The zero-order chi connectivity index (χ0) is 10.7. The molecule has 1 aliphatic rings. The summed E-state index contributed by atoms with van der Waals surface area (Å²) in [7, 11) is 0. The first-order valence-corrected chi connectivity index (χ1v) is 5.93. The van der Waals surface area contributed by atoms with E-state index in [-0.39, 0.29) is 5.91 Å². The first-order valence-electron chi connectivity index (χ1n) is 5.14. The molecule has 0 bridgehead atoms. The number of carbonyl (C=O) groups is 1. The lowest BCUT2D eigenvalue weighted by Gasteiger charge is -2.26. The first kappa shape index (κ1) is 10.7. The minimum absolute atomic E-state index is 0.149. The van der Waals surface area contributed by atoms with Gasteiger partial charge in [0.25, 0.3) is 5.91 Å². The van der Waals surface area contributed by atoms with Crippen molar-refractivity contribution in [3.63, 3.8) is 0 Å². The Hall–Kier alpha value is -0.830. The topological polar surface area (TPSA) is 20.3 Å². The molecule has 0 aromatic heterocycles. The Kier molecular flexibility index (Phi) is 3.41. The zero-order valence-electron chi connectivity index (χ0n) is 8.45. The third-order valence-electron chi connectivity index (χ3n) is 2.58. The van der Waals surface area contributed by atoms with E-state index in [4.69, 9.17) is 0 Å². The highest BCUT2D eigenvalue weighted by Crippen LogP contribution is 2.15. The Morgan fingerprint density at radius 1 is 1.13 bits per heavy atom. The van der Waals surface area contributed by atoms with Gasteiger partial charge in [0.2, 0.25) is 0 Å². The van der Waals surface area contributed by atoms with E-state index >= 15 is 0 Å². The van der Waals surface area contributed by atoms with Gasteiger partial charge in [-0.15, -0.1) is 0 Å². The number of hydrogen-bond donors (Lipinski definition) is 0. The second-order valence-electron chi connectivity index (χ2n) is 3.67. The van der Waals surface area contributed by atoms with Crippen LogP contribution in [0.3, 0.4) is 0 Å². The van der Waals surface area contributed by atoms with E-state index < -0.39 is 0 Å². The quantitative estimate of drug-likeness (QED) is 0.766. The molecular formula is C12H13BrNO. The number of piperidine rings is 1. The maximum Gasteiger partial charge on any atom is 0.253 e. The van der Waals surface area contributed by atoms with Gasteiger partial charge in [0.15, 0.2) is 0 Å². The van der Waals surface area contributed by atoms with Crippen LogP contribution in [0.5, 0.6) is 0 Å². The van der Waals surface area contributed by atoms with Crippen LogP contribution in [-0.2, 0) is 0 Å². The van der Waals surface area contributed by atoms with E-state index in [0.29, 0.717) is 0 Å². The zero-order valence-corrected chi connectivity index (χ0v) is 10.0. The van der Waals surface area contributed by atoms with Gasteiger partial charge in [-0.25, -0.2) is 0 Å². The van der Waals surface area contributed by atoms with Crippen molar-refractivity contribution in [2.45, 2.75) is 12.8 Å². The SMILES string of the molecule is O=C(c1ccc(Br)cc1)N1CC[CH]CC1. The standard InChI is InChI=1S/C12H13BrNO/c13-11-6-4-10(5-7-11)12(15)14-8-2-1-3-9-14/h1,4-7H,2-3,8-9H2. The summed E-state index contributed by atoms with van der Waals surface area (Å²) < 4.78 is 1.01. The molecule has 1 aromatic rings. The molecule has 2 rings (SSSR count). The molecule has 3 heteroatoms. The summed E-state index contributed by atoms with van der Waals surface area (Å²) in [4.78, 5) is 13.9. The van der Waals surface area contributed by atoms with Crippen molar-refractivity contribution in [2.75, 3.05) is 13.1 Å². The minimum atomic E-state index is 0.149. The third kappa shape index (κ3) is 2.59. The molecular weight excluding hydrogens is 254 g/mol. The number of halogens is 1. The number of nitrogens with zero attached hydrogens (tertiary/aromatic N) is 1. The van der Waals surface area contributed by atoms with Crippen molar-refractivity contribution in [1.29, 1.82) is 0 Å². The molecule has 1 saturated heterocycles. The maximum atomic E-state index is 12.0. The molecule has 1 radical (unpaired) electrons. The molecule has 2 nitrogen and oxygen atoms in total. The highest BCUT2D eigenvalue weighted by Gasteiger charge is 2.17. The van der Waals surface area contributed by atoms with Crippen LogP contribution in [0.4, 0.5) is 0 Å². The molecule has 15 heavy (non-hydrogen) atoms. The van der Waals surface area contributed by atoms with Crippen LogP contribution in [0.15, 0.2) is 28.7 Å². The van der Waals surface area contributed by atoms with Crippen LogP contribution in [0, 0.1) is 6.42 Å². The van der Waals surface area contributed by atoms with Gasteiger partial charge in [-0.05, 0) is 43.5 Å². The van der Waals surface area contributed by atoms with E-state index in [9.17, 15) is 4.79 Å². The maximum absolute atomic E-state index is 12.0. The number of carbonyl (C=O) groups excluding carboxylic acids is 1. The summed E-state index contributed by atoms with van der Waals surface area (Å²) in [5, 5.41) is 0. The minimum Gasteiger partial charge on any atom is -0.339 e. The highest BCUT2D eigenvalue weighted by atomic mass is 79.9. The average molecular weight is 267 g/mol. The van der Waals surface area contributed by atoms with Crippen LogP contribution in [0.25, 0.3) is 0 Å². The summed E-state index contributed by atoms with van der Waals surface area (Å²) in [6.45, 7) is 1.71. The van der Waals surface area contributed by atoms with Crippen LogP contribution >= 0.6 is 15.9 Å². The molecule has 0 saturated carbocycles. The summed E-state index contributed by atoms with van der Waals surface area (Å²) in [6.07, 6.45) is 4.27. The van der Waals surface area contributed by atoms with Crippen LogP contribution < -0.4 is 0 Å². The smallest absolute Gasteiger partial charge is 0.253 e. The van der Waals surface area contributed by atoms with Gasteiger partial charge in [0.1, 0.15) is 0 Å². The fourth-order valence-corrected chi connectivity index (χ4v) is 1.99. The van der Waals surface area contributed by atoms with Crippen LogP contribution in [0.1, 0.15) is 23.2 Å². The molecule has 0 atom stereocenters. The molecule has 1 heterocycles. The Bertz CT molecular complexity index is 341. The molecule has 1 fully saturated rings. The average Bonchev–Trinajstić information content (AvgIpc) is 2.30. The molecule has 79 valence electrons. The Morgan fingerprint density at radius 2 is 1.73 bits per heavy atom. The molecule has 1 amide bonds. The predicted molar refractivity (Wildman–Crippen MR) is 63.6 cm³/mol. The van der Waals surface area contributed by atoms with Gasteiger partial charge in [-0.3, -0.25) is 4.79 Å². The molecule has 0 unspecified atom stereocenters. The monoisotopic (exact) mass is 266 g/mol. The molecule has 0 aliphatic carbocycles. The molecule has 1 aromatic carbocycles. The second kappa shape index (κ2) is 4.79. The lowest BCUT2D eigenvalue weighted by atomic mass is 10.1. The summed E-state index contributed by atoms with van der Waals surface area (Å²) in [5.74, 6) is 0.149. The molecule has 0 spiro atoms. The van der Waals surface area contributed by atoms with Crippen molar-refractivity contribution in [3.8, 4) is 0 Å². The first-order chi connectivity index (χ1) is 7.27. The number of rotatable bonds is 1. The fraction of sp³-hybridized carbons (Fsp3) is 0.333. The summed E-state index contributed by atoms with van der Waals surface area (Å²) >= 11 is 3.36. The third-order valence-corrected chi connectivity index (χ3v) is 3.11. The van der Waals surface area contributed by atoms with Gasteiger partial charge in [-0.1, -0.05) is 15.9 Å². The van der Waals surface area contributed by atoms with Crippen molar-refractivity contribution >= 4 is 21.8 Å². The molecule has 0 N–H and O–H groups in total. The van der Waals surface area contributed by atoms with Crippen LogP contribution in [0.2, 0.25) is 0 Å². The number of likely N-dealkylation sites (tertiary alicyclic amines) is 1. The van der Waals surface area contributed by atoms with Gasteiger partial charge in [0.05, 0.1) is 0 Å². The predicted octanol–water partition coefficient (Wildman–Crippen LogP) is 2.89. The number of amides is 1. The summed E-state index contributed by atoms with van der Waals surface area (Å²) in [6, 6.07) is 7.54. The van der Waals surface area contributed by atoms with Crippen molar-refractivity contribution in [3.05, 3.63) is 40.7 Å². The number of hydrogen-bond acceptors (Lipinski definition) is 1. The summed E-state index contributed by atoms with van der Waals surface area (Å²) in [5.41, 5.74) is 0.778. The second-order valence-corrected chi connectivity index (χ2v) is 4.58. The van der Waals surface area contributed by atoms with E-state index in [1.165, 1.54) is 0 Å². The number of benzene rings is 1. The highest BCUT2D eigenvalue weighted by molar-refractivity contribution is 9.10. The van der Waals surface area contributed by atoms with Gasteiger partial charge in [0, 0.05) is 23.1 Å². The Labute approximate surface area is 98.4 Å². The lowest BCUT2D eigenvalue weighted by molar-refractivity contribution is 0.0742. The van der Waals surface area contributed by atoms with Gasteiger partial charge in [-0.2, -0.15) is 0 Å². The Balaban J connectivity index is 2.09. The van der Waals surface area contributed by atoms with E-state index in [1.807, 2.05) is 29.2 Å². The van der Waals surface area contributed by atoms with Crippen LogP contribution in [-0.4, -0.2) is 23.9 Å². The molecule has 1 aliphatic heterocycles. The van der Waals surface area contributed by atoms with Crippen molar-refractivity contribution < 1.29 is 4.79 Å². The van der Waals surface area contributed by atoms with Gasteiger partial charge < -0.3 is 4.90 Å². The van der Waals surface area contributed by atoms with E-state index in [0.717, 1.165) is 36.0 Å². The lowest BCUT2D eigenvalue weighted by Crippen LogP contribution is -2.35. The largest absolute Gasteiger partial charge is 0.339 e. The normalized spacial score (nSPS) is 16.5. The van der Waals surface area contributed by atoms with E-state index in [2.05, 4.69) is 22.4 Å². The van der Waals surface area contributed by atoms with Crippen molar-refractivity contribution in [2.24, 2.45) is 0 Å².